The molecule has 3 saturated heterocycles. The summed E-state index contributed by atoms with van der Waals surface area (Å²) in [7, 11) is 0. The van der Waals surface area contributed by atoms with E-state index in [2.05, 4.69) is 0 Å². The lowest BCUT2D eigenvalue weighted by Gasteiger charge is -2.53. The van der Waals surface area contributed by atoms with Crippen molar-refractivity contribution in [1.82, 2.24) is 0 Å². The second-order valence-electron chi connectivity index (χ2n) is 9.55. The number of hydrogen-bond acceptors (Lipinski definition) is 8. The summed E-state index contributed by atoms with van der Waals surface area (Å²) in [4.78, 5) is 25.3. The molecule has 3 aromatic rings. The second kappa shape index (κ2) is 10.3. The molecule has 0 spiro atoms. The summed E-state index contributed by atoms with van der Waals surface area (Å²) in [5.74, 6) is 0.386. The fourth-order valence-electron chi connectivity index (χ4n) is 5.45. The smallest absolute Gasteiger partial charge is 0.353 e. The van der Waals surface area contributed by atoms with Gasteiger partial charge in [-0.1, -0.05) is 18.2 Å². The predicted molar refractivity (Wildman–Crippen MR) is 137 cm³/mol. The number of hydrogen-bond donors (Lipinski definition) is 1. The average molecular weight is 530 g/mol. The van der Waals surface area contributed by atoms with Gasteiger partial charge in [-0.05, 0) is 34.9 Å². The molecular weight excluding hydrogens is 500 g/mol. The largest absolute Gasteiger partial charge is 0.493 e. The van der Waals surface area contributed by atoms with Gasteiger partial charge in [0, 0.05) is 31.7 Å². The van der Waals surface area contributed by atoms with Gasteiger partial charge >= 0.3 is 5.97 Å². The lowest BCUT2D eigenvalue weighted by molar-refractivity contribution is -0.984. The second-order valence-corrected chi connectivity index (χ2v) is 11.4. The van der Waals surface area contributed by atoms with E-state index in [4.69, 9.17) is 9.47 Å². The van der Waals surface area contributed by atoms with Crippen molar-refractivity contribution in [2.24, 2.45) is 5.92 Å². The molecule has 0 amide bonds. The first kappa shape index (κ1) is 24.9. The molecule has 2 aromatic heterocycles. The Balaban J connectivity index is 1.27. The highest BCUT2D eigenvalue weighted by molar-refractivity contribution is 7.12. The lowest BCUT2D eigenvalue weighted by Crippen LogP contribution is -2.66. The lowest BCUT2D eigenvalue weighted by atomic mass is 9.84. The Labute approximate surface area is 217 Å². The Bertz CT molecular complexity index is 1150. The van der Waals surface area contributed by atoms with Gasteiger partial charge in [0.15, 0.2) is 0 Å². The summed E-state index contributed by atoms with van der Waals surface area (Å²) < 4.78 is 12.7. The number of quaternary nitrogens is 1. The highest BCUT2D eigenvalue weighted by Gasteiger charge is 2.52. The van der Waals surface area contributed by atoms with Crippen LogP contribution in [-0.4, -0.2) is 53.0 Å². The average Bonchev–Trinajstić information content (AvgIpc) is 3.63. The minimum atomic E-state index is -1.81. The number of nitro groups is 1. The normalized spacial score (nSPS) is 23.4. The minimum Gasteiger partial charge on any atom is -0.493 e. The molecule has 190 valence electrons. The van der Waals surface area contributed by atoms with Crippen LogP contribution in [0.4, 0.5) is 5.69 Å². The van der Waals surface area contributed by atoms with E-state index in [0.717, 1.165) is 45.3 Å². The van der Waals surface area contributed by atoms with Crippen molar-refractivity contribution in [2.75, 3.05) is 26.2 Å². The molecule has 3 aliphatic rings. The molecule has 0 saturated carbocycles. The minimum absolute atomic E-state index is 0.00317. The number of thiophene rings is 2. The van der Waals surface area contributed by atoms with Crippen LogP contribution >= 0.6 is 22.7 Å². The quantitative estimate of drug-likeness (QED) is 0.132. The number of aliphatic hydroxyl groups is 1. The van der Waals surface area contributed by atoms with Gasteiger partial charge in [0.25, 0.3) is 5.69 Å². The molecule has 1 aromatic carbocycles. The van der Waals surface area contributed by atoms with E-state index in [-0.39, 0.29) is 11.9 Å². The SMILES string of the molecule is O=C(O[C@@H]1CC2CC[N+]1(CCCOc1cccc([N+](=O)[O-])c1)CC2)C(O)(c1cccs1)c1cccs1. The number of fused-ring (bicyclic) bond motifs is 3. The molecule has 3 fully saturated rings. The van der Waals surface area contributed by atoms with Crippen LogP contribution in [0.25, 0.3) is 0 Å². The van der Waals surface area contributed by atoms with Gasteiger partial charge in [0.2, 0.25) is 11.8 Å². The third-order valence-electron chi connectivity index (χ3n) is 7.45. The molecule has 0 radical (unpaired) electrons. The fourth-order valence-corrected chi connectivity index (χ4v) is 7.17. The molecule has 10 heteroatoms. The van der Waals surface area contributed by atoms with Gasteiger partial charge in [0.1, 0.15) is 5.75 Å². The number of nitro benzene ring substituents is 1. The Kier molecular flexibility index (Phi) is 7.11. The summed E-state index contributed by atoms with van der Waals surface area (Å²) in [5, 5.41) is 26.4. The highest BCUT2D eigenvalue weighted by Crippen LogP contribution is 2.42. The summed E-state index contributed by atoms with van der Waals surface area (Å²) in [6.07, 6.45) is 3.40. The third kappa shape index (κ3) is 4.78. The van der Waals surface area contributed by atoms with E-state index in [1.165, 1.54) is 34.8 Å². The first-order valence-electron chi connectivity index (χ1n) is 12.2. The van der Waals surface area contributed by atoms with E-state index in [1.54, 1.807) is 24.3 Å². The number of benzene rings is 1. The van der Waals surface area contributed by atoms with Crippen molar-refractivity contribution >= 4 is 34.3 Å². The summed E-state index contributed by atoms with van der Waals surface area (Å²) in [6.45, 7) is 3.04. The molecule has 5 heterocycles. The molecule has 2 bridgehead atoms. The third-order valence-corrected chi connectivity index (χ3v) is 9.41. The van der Waals surface area contributed by atoms with Crippen molar-refractivity contribution in [3.63, 3.8) is 0 Å². The Morgan fingerprint density at radius 1 is 1.11 bits per heavy atom. The number of ether oxygens (including phenoxy) is 2. The van der Waals surface area contributed by atoms with Crippen molar-refractivity contribution in [2.45, 2.75) is 37.5 Å². The topological polar surface area (TPSA) is 98.9 Å². The van der Waals surface area contributed by atoms with E-state index in [9.17, 15) is 20.0 Å². The zero-order chi connectivity index (χ0) is 25.2. The zero-order valence-corrected chi connectivity index (χ0v) is 21.4. The molecular formula is C26H29N2O6S2+. The van der Waals surface area contributed by atoms with E-state index >= 15 is 0 Å². The molecule has 3 aliphatic heterocycles. The number of rotatable bonds is 10. The van der Waals surface area contributed by atoms with Crippen molar-refractivity contribution in [1.29, 1.82) is 0 Å². The van der Waals surface area contributed by atoms with Crippen LogP contribution in [0.5, 0.6) is 5.75 Å². The number of carbonyl (C=O) groups is 1. The van der Waals surface area contributed by atoms with Crippen LogP contribution in [0, 0.1) is 16.0 Å². The van der Waals surface area contributed by atoms with Crippen molar-refractivity contribution < 1.29 is 28.8 Å². The molecule has 1 atom stereocenters. The number of carbonyl (C=O) groups excluding carboxylic acids is 1. The van der Waals surface area contributed by atoms with Crippen LogP contribution in [-0.2, 0) is 15.1 Å². The van der Waals surface area contributed by atoms with Crippen LogP contribution in [0.15, 0.2) is 59.3 Å². The maximum atomic E-state index is 13.6. The maximum absolute atomic E-state index is 13.6. The van der Waals surface area contributed by atoms with Crippen molar-refractivity contribution in [3.05, 3.63) is 79.2 Å². The monoisotopic (exact) mass is 529 g/mol. The first-order valence-corrected chi connectivity index (χ1v) is 13.9. The van der Waals surface area contributed by atoms with Gasteiger partial charge in [-0.2, -0.15) is 0 Å². The van der Waals surface area contributed by atoms with Gasteiger partial charge in [-0.3, -0.25) is 14.6 Å². The van der Waals surface area contributed by atoms with Crippen LogP contribution in [0.2, 0.25) is 0 Å². The van der Waals surface area contributed by atoms with Crippen LogP contribution in [0.1, 0.15) is 35.4 Å². The molecule has 0 aliphatic carbocycles. The first-order chi connectivity index (χ1) is 17.4. The van der Waals surface area contributed by atoms with Gasteiger partial charge in [-0.15, -0.1) is 22.7 Å². The van der Waals surface area contributed by atoms with E-state index in [1.807, 2.05) is 22.9 Å². The number of piperidine rings is 3. The Morgan fingerprint density at radius 3 is 2.42 bits per heavy atom. The van der Waals surface area contributed by atoms with Crippen molar-refractivity contribution in [3.8, 4) is 5.75 Å². The van der Waals surface area contributed by atoms with Gasteiger partial charge in [-0.25, -0.2) is 4.79 Å². The van der Waals surface area contributed by atoms with Gasteiger partial charge < -0.3 is 14.6 Å². The molecule has 36 heavy (non-hydrogen) atoms. The standard InChI is InChI=1S/C26H29N2O6S2/c29-25(26(30,22-7-2-15-35-22)23-8-3-16-36-23)34-24-17-19-9-12-28(24,13-10-19)11-4-14-33-21-6-1-5-20(18-21)27(31)32/h1-3,5-8,15-16,18-19,24,30H,4,9-14,17H2/q+1/t19?,24-,28?/m1/s1. The Morgan fingerprint density at radius 2 is 1.81 bits per heavy atom. The predicted octanol–water partition coefficient (Wildman–Crippen LogP) is 4.92. The van der Waals surface area contributed by atoms with Crippen LogP contribution < -0.4 is 4.74 Å². The zero-order valence-electron chi connectivity index (χ0n) is 19.8. The van der Waals surface area contributed by atoms with Gasteiger partial charge in [0.05, 0.1) is 47.0 Å². The van der Waals surface area contributed by atoms with E-state index < -0.39 is 16.5 Å². The Hall–Kier alpha value is -2.79. The molecule has 1 N–H and O–H groups in total. The number of non-ortho nitro benzene ring substituents is 1. The fraction of sp³-hybridized carbons (Fsp3) is 0.423. The van der Waals surface area contributed by atoms with E-state index in [0.29, 0.717) is 32.5 Å². The summed E-state index contributed by atoms with van der Waals surface area (Å²) >= 11 is 2.68. The highest BCUT2D eigenvalue weighted by atomic mass is 32.1. The van der Waals surface area contributed by atoms with Crippen LogP contribution in [0.3, 0.4) is 0 Å². The molecule has 6 rings (SSSR count). The maximum Gasteiger partial charge on any atom is 0.353 e. The summed E-state index contributed by atoms with van der Waals surface area (Å²) in [6, 6.07) is 13.4. The molecule has 8 nitrogen and oxygen atoms in total. The summed E-state index contributed by atoms with van der Waals surface area (Å²) in [5.41, 5.74) is -1.81. The molecule has 0 unspecified atom stereocenters. The number of nitrogens with zero attached hydrogens (tertiary/aromatic N) is 2. The number of esters is 1.